The molecule has 14 heavy (non-hydrogen) atoms. The van der Waals surface area contributed by atoms with E-state index in [0.717, 1.165) is 28.8 Å². The van der Waals surface area contributed by atoms with Crippen LogP contribution in [-0.4, -0.2) is 12.8 Å². The highest BCUT2D eigenvalue weighted by Gasteiger charge is 2.10. The van der Waals surface area contributed by atoms with Crippen LogP contribution in [0.1, 0.15) is 11.3 Å². The summed E-state index contributed by atoms with van der Waals surface area (Å²) in [7, 11) is 0. The van der Waals surface area contributed by atoms with Crippen LogP contribution in [-0.2, 0) is 0 Å². The number of rotatable bonds is 0. The predicted octanol–water partition coefficient (Wildman–Crippen LogP) is 2.88. The van der Waals surface area contributed by atoms with Gasteiger partial charge in [-0.05, 0) is 12.1 Å². The number of furan rings is 1. The van der Waals surface area contributed by atoms with Crippen LogP contribution in [0.4, 0.5) is 0 Å². The molecule has 1 aromatic carbocycles. The van der Waals surface area contributed by atoms with E-state index in [0.29, 0.717) is 0 Å². The molecule has 2 heteroatoms. The third kappa shape index (κ3) is 1.01. The molecule has 0 saturated carbocycles. The summed E-state index contributed by atoms with van der Waals surface area (Å²) < 4.78 is 5.69. The van der Waals surface area contributed by atoms with Crippen molar-refractivity contribution >= 4 is 23.3 Å². The van der Waals surface area contributed by atoms with Crippen LogP contribution in [0.2, 0.25) is 0 Å². The largest absolute Gasteiger partial charge is 0.456 e. The van der Waals surface area contributed by atoms with E-state index in [1.54, 1.807) is 0 Å². The van der Waals surface area contributed by atoms with Crippen LogP contribution in [0.3, 0.4) is 0 Å². The van der Waals surface area contributed by atoms with Crippen molar-refractivity contribution in [2.24, 2.45) is 4.99 Å². The molecule has 0 unspecified atom stereocenters. The summed E-state index contributed by atoms with van der Waals surface area (Å²) in [6, 6.07) is 8.03. The molecule has 1 aromatic heterocycles. The molecule has 2 nitrogen and oxygen atoms in total. The summed E-state index contributed by atoms with van der Waals surface area (Å²) >= 11 is 0. The number of para-hydroxylation sites is 1. The number of nitrogens with zero attached hydrogens (tertiary/aromatic N) is 1. The second-order valence-electron chi connectivity index (χ2n) is 3.27. The van der Waals surface area contributed by atoms with E-state index in [1.165, 1.54) is 0 Å². The van der Waals surface area contributed by atoms with E-state index < -0.39 is 0 Å². The summed E-state index contributed by atoms with van der Waals surface area (Å²) in [4.78, 5) is 4.26. The number of hydrogen-bond acceptors (Lipinski definition) is 2. The fourth-order valence-electron chi connectivity index (χ4n) is 1.71. The highest BCUT2D eigenvalue weighted by atomic mass is 16.3. The van der Waals surface area contributed by atoms with Gasteiger partial charge < -0.3 is 4.42 Å². The van der Waals surface area contributed by atoms with Gasteiger partial charge in [0.2, 0.25) is 0 Å². The molecular weight excluding hydrogens is 174 g/mol. The van der Waals surface area contributed by atoms with Gasteiger partial charge in [0, 0.05) is 17.2 Å². The molecule has 0 N–H and O–H groups in total. The normalized spacial score (nSPS) is 14.3. The SMILES string of the molecule is C1=Cc2oc3ccccc3c2C=NC1. The van der Waals surface area contributed by atoms with Gasteiger partial charge in [-0.25, -0.2) is 0 Å². The van der Waals surface area contributed by atoms with Crippen LogP contribution in [0, 0.1) is 0 Å². The highest BCUT2D eigenvalue weighted by molar-refractivity contribution is 6.01. The molecule has 0 bridgehead atoms. The lowest BCUT2D eigenvalue weighted by Crippen LogP contribution is -1.79. The van der Waals surface area contributed by atoms with Gasteiger partial charge in [0.25, 0.3) is 0 Å². The Balaban J connectivity index is 2.41. The van der Waals surface area contributed by atoms with Crippen LogP contribution in [0.5, 0.6) is 0 Å². The zero-order chi connectivity index (χ0) is 9.38. The minimum Gasteiger partial charge on any atom is -0.456 e. The Morgan fingerprint density at radius 2 is 2.14 bits per heavy atom. The standard InChI is InChI=1S/C12H9NO/c1-2-5-11-9(4-1)10-8-13-7-3-6-12(10)14-11/h1-6,8H,7H2. The summed E-state index contributed by atoms with van der Waals surface area (Å²) in [5, 5.41) is 1.14. The maximum atomic E-state index is 5.69. The first-order valence-corrected chi connectivity index (χ1v) is 4.63. The van der Waals surface area contributed by atoms with Crippen LogP contribution >= 0.6 is 0 Å². The lowest BCUT2D eigenvalue weighted by Gasteiger charge is -1.87. The van der Waals surface area contributed by atoms with Crippen molar-refractivity contribution in [2.45, 2.75) is 0 Å². The van der Waals surface area contributed by atoms with Crippen LogP contribution in [0.25, 0.3) is 17.0 Å². The molecule has 0 saturated heterocycles. The van der Waals surface area contributed by atoms with Gasteiger partial charge in [0.1, 0.15) is 11.3 Å². The average Bonchev–Trinajstić information content (AvgIpc) is 2.42. The van der Waals surface area contributed by atoms with Crippen molar-refractivity contribution in [3.05, 3.63) is 41.7 Å². The fraction of sp³-hybridized carbons (Fsp3) is 0.0833. The molecule has 2 aromatic rings. The van der Waals surface area contributed by atoms with E-state index in [9.17, 15) is 0 Å². The number of hydrogen-bond donors (Lipinski definition) is 0. The zero-order valence-electron chi connectivity index (χ0n) is 7.60. The number of benzene rings is 1. The third-order valence-electron chi connectivity index (χ3n) is 2.36. The van der Waals surface area contributed by atoms with Gasteiger partial charge in [-0.3, -0.25) is 4.99 Å². The molecule has 0 aliphatic carbocycles. The van der Waals surface area contributed by atoms with Gasteiger partial charge in [0.15, 0.2) is 0 Å². The molecule has 1 aliphatic rings. The van der Waals surface area contributed by atoms with E-state index in [2.05, 4.69) is 11.1 Å². The molecule has 0 amide bonds. The summed E-state index contributed by atoms with van der Waals surface area (Å²) in [5.74, 6) is 0.910. The lowest BCUT2D eigenvalue weighted by molar-refractivity contribution is 0.604. The van der Waals surface area contributed by atoms with Crippen molar-refractivity contribution in [2.75, 3.05) is 6.54 Å². The van der Waals surface area contributed by atoms with Crippen molar-refractivity contribution in [1.82, 2.24) is 0 Å². The van der Waals surface area contributed by atoms with Gasteiger partial charge >= 0.3 is 0 Å². The van der Waals surface area contributed by atoms with Gasteiger partial charge in [0.05, 0.1) is 6.54 Å². The number of fused-ring (bicyclic) bond motifs is 3. The van der Waals surface area contributed by atoms with Crippen molar-refractivity contribution in [3.63, 3.8) is 0 Å². The van der Waals surface area contributed by atoms with Crippen LogP contribution < -0.4 is 0 Å². The lowest BCUT2D eigenvalue weighted by atomic mass is 10.1. The Labute approximate surface area is 81.6 Å². The Morgan fingerprint density at radius 1 is 1.21 bits per heavy atom. The molecule has 1 aliphatic heterocycles. The van der Waals surface area contributed by atoms with E-state index in [4.69, 9.17) is 4.42 Å². The Kier molecular flexibility index (Phi) is 1.53. The Morgan fingerprint density at radius 3 is 3.14 bits per heavy atom. The molecule has 3 rings (SSSR count). The topological polar surface area (TPSA) is 25.5 Å². The molecule has 0 fully saturated rings. The smallest absolute Gasteiger partial charge is 0.136 e. The van der Waals surface area contributed by atoms with Crippen molar-refractivity contribution in [1.29, 1.82) is 0 Å². The van der Waals surface area contributed by atoms with E-state index in [1.807, 2.05) is 36.6 Å². The molecule has 0 spiro atoms. The summed E-state index contributed by atoms with van der Waals surface area (Å²) in [6.45, 7) is 0.735. The first-order valence-electron chi connectivity index (χ1n) is 4.63. The minimum atomic E-state index is 0.735. The van der Waals surface area contributed by atoms with E-state index in [-0.39, 0.29) is 0 Å². The Bertz CT molecular complexity index is 534. The maximum Gasteiger partial charge on any atom is 0.136 e. The summed E-state index contributed by atoms with van der Waals surface area (Å²) in [6.07, 6.45) is 5.88. The maximum absolute atomic E-state index is 5.69. The molecule has 68 valence electrons. The van der Waals surface area contributed by atoms with Gasteiger partial charge in [-0.2, -0.15) is 0 Å². The third-order valence-corrected chi connectivity index (χ3v) is 2.36. The molecular formula is C12H9NO. The Hall–Kier alpha value is -1.83. The molecule has 0 atom stereocenters. The zero-order valence-corrected chi connectivity index (χ0v) is 7.60. The van der Waals surface area contributed by atoms with Crippen molar-refractivity contribution in [3.8, 4) is 0 Å². The monoisotopic (exact) mass is 183 g/mol. The second kappa shape index (κ2) is 2.84. The van der Waals surface area contributed by atoms with Gasteiger partial charge in [-0.15, -0.1) is 0 Å². The molecule has 0 radical (unpaired) electrons. The van der Waals surface area contributed by atoms with Crippen LogP contribution in [0.15, 0.2) is 39.8 Å². The number of aliphatic imine (C=N–C) groups is 1. The summed E-state index contributed by atoms with van der Waals surface area (Å²) in [5.41, 5.74) is 2.02. The first kappa shape index (κ1) is 7.56. The minimum absolute atomic E-state index is 0.735. The first-order chi connectivity index (χ1) is 6.95. The van der Waals surface area contributed by atoms with Gasteiger partial charge in [-0.1, -0.05) is 24.3 Å². The average molecular weight is 183 g/mol. The highest BCUT2D eigenvalue weighted by Crippen LogP contribution is 2.26. The molecule has 2 heterocycles. The van der Waals surface area contributed by atoms with Crippen molar-refractivity contribution < 1.29 is 4.42 Å². The predicted molar refractivity (Wildman–Crippen MR) is 57.7 cm³/mol. The quantitative estimate of drug-likeness (QED) is 0.616. The van der Waals surface area contributed by atoms with E-state index >= 15 is 0 Å². The second-order valence-corrected chi connectivity index (χ2v) is 3.27. The fourth-order valence-corrected chi connectivity index (χ4v) is 1.71.